The van der Waals surface area contributed by atoms with Crippen LogP contribution in [0.2, 0.25) is 0 Å². The van der Waals surface area contributed by atoms with E-state index in [9.17, 15) is 4.79 Å². The number of hydrazone groups is 1. The first kappa shape index (κ1) is 14.8. The van der Waals surface area contributed by atoms with Gasteiger partial charge in [-0.1, -0.05) is 11.6 Å². The van der Waals surface area contributed by atoms with Crippen molar-refractivity contribution in [3.8, 4) is 5.75 Å². The van der Waals surface area contributed by atoms with Crippen LogP contribution in [0, 0.1) is 13.8 Å². The van der Waals surface area contributed by atoms with E-state index in [1.54, 1.807) is 20.1 Å². The van der Waals surface area contributed by atoms with Crippen LogP contribution in [0.5, 0.6) is 5.75 Å². The van der Waals surface area contributed by atoms with Gasteiger partial charge in [0.25, 0.3) is 5.91 Å². The summed E-state index contributed by atoms with van der Waals surface area (Å²) in [7, 11) is 1.61. The fourth-order valence-corrected chi connectivity index (χ4v) is 1.98. The molecular formula is C16H18N2O3. The van der Waals surface area contributed by atoms with Gasteiger partial charge < -0.3 is 9.15 Å². The van der Waals surface area contributed by atoms with Gasteiger partial charge in [-0.15, -0.1) is 0 Å². The van der Waals surface area contributed by atoms with E-state index in [0.29, 0.717) is 17.0 Å². The van der Waals surface area contributed by atoms with E-state index >= 15 is 0 Å². The van der Waals surface area contributed by atoms with Gasteiger partial charge in [-0.2, -0.15) is 5.10 Å². The molecule has 0 aliphatic carbocycles. The molecule has 5 nitrogen and oxygen atoms in total. The van der Waals surface area contributed by atoms with Crippen molar-refractivity contribution in [2.24, 2.45) is 5.10 Å². The van der Waals surface area contributed by atoms with Crippen LogP contribution in [0.3, 0.4) is 0 Å². The van der Waals surface area contributed by atoms with E-state index in [1.165, 1.54) is 6.26 Å². The van der Waals surface area contributed by atoms with E-state index in [4.69, 9.17) is 9.15 Å². The summed E-state index contributed by atoms with van der Waals surface area (Å²) in [6, 6.07) is 7.42. The lowest BCUT2D eigenvalue weighted by Crippen LogP contribution is -2.19. The topological polar surface area (TPSA) is 63.8 Å². The van der Waals surface area contributed by atoms with Crippen LogP contribution in [-0.2, 0) is 0 Å². The van der Waals surface area contributed by atoms with Crippen molar-refractivity contribution in [3.63, 3.8) is 0 Å². The molecule has 0 aliphatic rings. The number of amides is 1. The minimum Gasteiger partial charge on any atom is -0.496 e. The highest BCUT2D eigenvalue weighted by Crippen LogP contribution is 2.20. The zero-order valence-corrected chi connectivity index (χ0v) is 12.6. The second-order valence-electron chi connectivity index (χ2n) is 4.73. The summed E-state index contributed by atoms with van der Waals surface area (Å²) in [6.45, 7) is 5.54. The van der Waals surface area contributed by atoms with Gasteiger partial charge in [0.15, 0.2) is 0 Å². The predicted molar refractivity (Wildman–Crippen MR) is 80.9 cm³/mol. The minimum atomic E-state index is -0.299. The van der Waals surface area contributed by atoms with Gasteiger partial charge in [0.1, 0.15) is 11.5 Å². The third-order valence-corrected chi connectivity index (χ3v) is 3.17. The quantitative estimate of drug-likeness (QED) is 0.694. The van der Waals surface area contributed by atoms with Gasteiger partial charge in [-0.05, 0) is 39.0 Å². The molecule has 1 heterocycles. The second kappa shape index (κ2) is 6.26. The SMILES string of the molecule is COc1ccc(C)cc1/C(C)=N\NC(=O)c1ccoc1C. The van der Waals surface area contributed by atoms with Gasteiger partial charge in [-0.3, -0.25) is 4.79 Å². The molecule has 2 aromatic rings. The molecule has 110 valence electrons. The molecule has 0 aliphatic heterocycles. The number of hydrogen-bond acceptors (Lipinski definition) is 4. The summed E-state index contributed by atoms with van der Waals surface area (Å²) in [5.41, 5.74) is 5.62. The standard InChI is InChI=1S/C16H18N2O3/c1-10-5-6-15(20-4)14(9-10)11(2)17-18-16(19)13-7-8-21-12(13)3/h5-9H,1-4H3,(H,18,19)/b17-11-. The minimum absolute atomic E-state index is 0.299. The molecule has 1 N–H and O–H groups in total. The number of nitrogens with zero attached hydrogens (tertiary/aromatic N) is 1. The summed E-state index contributed by atoms with van der Waals surface area (Å²) in [6.07, 6.45) is 1.48. The molecule has 0 saturated heterocycles. The van der Waals surface area contributed by atoms with Gasteiger partial charge >= 0.3 is 0 Å². The Kier molecular flexibility index (Phi) is 4.42. The number of nitrogens with one attached hydrogen (secondary N) is 1. The molecule has 5 heteroatoms. The Morgan fingerprint density at radius 2 is 2.00 bits per heavy atom. The Hall–Kier alpha value is -2.56. The fraction of sp³-hybridized carbons (Fsp3) is 0.250. The number of benzene rings is 1. The Bertz CT molecular complexity index is 687. The van der Waals surface area contributed by atoms with E-state index in [1.807, 2.05) is 32.0 Å². The first-order chi connectivity index (χ1) is 10.0. The molecule has 0 spiro atoms. The number of hydrogen-bond donors (Lipinski definition) is 1. The van der Waals surface area contributed by atoms with E-state index < -0.39 is 0 Å². The molecule has 1 amide bonds. The molecule has 2 rings (SSSR count). The first-order valence-corrected chi connectivity index (χ1v) is 6.56. The Morgan fingerprint density at radius 3 is 2.62 bits per heavy atom. The largest absolute Gasteiger partial charge is 0.496 e. The molecule has 1 aromatic carbocycles. The number of carbonyl (C=O) groups is 1. The Labute approximate surface area is 123 Å². The van der Waals surface area contributed by atoms with Crippen molar-refractivity contribution in [1.29, 1.82) is 0 Å². The maximum atomic E-state index is 12.0. The van der Waals surface area contributed by atoms with Crippen molar-refractivity contribution in [3.05, 3.63) is 53.0 Å². The van der Waals surface area contributed by atoms with E-state index in [-0.39, 0.29) is 5.91 Å². The number of methoxy groups -OCH3 is 1. The third-order valence-electron chi connectivity index (χ3n) is 3.17. The molecule has 0 fully saturated rings. The zero-order chi connectivity index (χ0) is 15.4. The van der Waals surface area contributed by atoms with Crippen LogP contribution in [0.4, 0.5) is 0 Å². The van der Waals surface area contributed by atoms with Crippen molar-refractivity contribution < 1.29 is 13.9 Å². The predicted octanol–water partition coefficient (Wildman–Crippen LogP) is 3.06. The number of ether oxygens (including phenoxy) is 1. The summed E-state index contributed by atoms with van der Waals surface area (Å²) >= 11 is 0. The molecule has 0 atom stereocenters. The molecule has 1 aromatic heterocycles. The summed E-state index contributed by atoms with van der Waals surface area (Å²) in [5.74, 6) is 0.983. The lowest BCUT2D eigenvalue weighted by Gasteiger charge is -2.09. The summed E-state index contributed by atoms with van der Waals surface area (Å²) in [4.78, 5) is 12.0. The van der Waals surface area contributed by atoms with Crippen molar-refractivity contribution in [1.82, 2.24) is 5.43 Å². The highest BCUT2D eigenvalue weighted by Gasteiger charge is 2.11. The van der Waals surface area contributed by atoms with Crippen LogP contribution in [0.15, 0.2) is 40.0 Å². The van der Waals surface area contributed by atoms with Gasteiger partial charge in [0.2, 0.25) is 0 Å². The molecule has 0 unspecified atom stereocenters. The first-order valence-electron chi connectivity index (χ1n) is 6.56. The average Bonchev–Trinajstić information content (AvgIpc) is 2.90. The smallest absolute Gasteiger partial charge is 0.274 e. The van der Waals surface area contributed by atoms with Crippen LogP contribution < -0.4 is 10.2 Å². The lowest BCUT2D eigenvalue weighted by molar-refractivity contribution is 0.0953. The molecular weight excluding hydrogens is 268 g/mol. The number of carbonyl (C=O) groups excluding carboxylic acids is 1. The fourth-order valence-electron chi connectivity index (χ4n) is 1.98. The van der Waals surface area contributed by atoms with Gasteiger partial charge in [0, 0.05) is 5.56 Å². The van der Waals surface area contributed by atoms with Crippen LogP contribution in [0.25, 0.3) is 0 Å². The second-order valence-corrected chi connectivity index (χ2v) is 4.73. The van der Waals surface area contributed by atoms with Crippen LogP contribution >= 0.6 is 0 Å². The molecule has 0 radical (unpaired) electrons. The Balaban J connectivity index is 2.20. The lowest BCUT2D eigenvalue weighted by atomic mass is 10.1. The maximum Gasteiger partial charge on any atom is 0.274 e. The summed E-state index contributed by atoms with van der Waals surface area (Å²) < 4.78 is 10.4. The monoisotopic (exact) mass is 286 g/mol. The number of furan rings is 1. The third kappa shape index (κ3) is 3.31. The van der Waals surface area contributed by atoms with Crippen LogP contribution in [-0.4, -0.2) is 18.7 Å². The number of aryl methyl sites for hydroxylation is 2. The highest BCUT2D eigenvalue weighted by molar-refractivity contribution is 6.03. The number of rotatable bonds is 4. The molecule has 21 heavy (non-hydrogen) atoms. The van der Waals surface area contributed by atoms with E-state index in [0.717, 1.165) is 16.9 Å². The maximum absolute atomic E-state index is 12.0. The van der Waals surface area contributed by atoms with Crippen molar-refractivity contribution in [2.45, 2.75) is 20.8 Å². The molecule has 0 saturated carbocycles. The Morgan fingerprint density at radius 1 is 1.24 bits per heavy atom. The summed E-state index contributed by atoms with van der Waals surface area (Å²) in [5, 5.41) is 4.14. The zero-order valence-electron chi connectivity index (χ0n) is 12.6. The van der Waals surface area contributed by atoms with Gasteiger partial charge in [-0.25, -0.2) is 5.43 Å². The molecule has 0 bridgehead atoms. The average molecular weight is 286 g/mol. The van der Waals surface area contributed by atoms with Gasteiger partial charge in [0.05, 0.1) is 24.6 Å². The van der Waals surface area contributed by atoms with Crippen LogP contribution in [0.1, 0.15) is 34.2 Å². The van der Waals surface area contributed by atoms with E-state index in [2.05, 4.69) is 10.5 Å². The van der Waals surface area contributed by atoms with Crippen molar-refractivity contribution in [2.75, 3.05) is 7.11 Å². The normalized spacial score (nSPS) is 11.3. The van der Waals surface area contributed by atoms with Crippen molar-refractivity contribution >= 4 is 11.6 Å². The highest BCUT2D eigenvalue weighted by atomic mass is 16.5.